The number of hydrogen-bond donors (Lipinski definition) is 2. The zero-order valence-corrected chi connectivity index (χ0v) is 18.1. The van der Waals surface area contributed by atoms with Crippen molar-refractivity contribution in [2.75, 3.05) is 13.7 Å². The standard InChI is InChI=1S/C21H24ClN2O4P/c1-3-4-10-28-13-14-6-5-7-16(11-14)29(26,27-2)20-17-12-15(22)8-9-18(17)24-19(20)21(23)25/h5-9,11-12,24H,3-4,10,13H2,1-2H3,(H2,23,25). The Hall–Kier alpha value is -2.11. The van der Waals surface area contributed by atoms with Crippen LogP contribution in [0.2, 0.25) is 5.02 Å². The first-order valence-electron chi connectivity index (χ1n) is 9.35. The van der Waals surface area contributed by atoms with Crippen LogP contribution < -0.4 is 16.3 Å². The maximum absolute atomic E-state index is 14.1. The molecule has 1 aromatic heterocycles. The zero-order valence-electron chi connectivity index (χ0n) is 16.4. The van der Waals surface area contributed by atoms with E-state index in [1.165, 1.54) is 7.11 Å². The molecule has 1 atom stereocenters. The molecule has 0 aliphatic carbocycles. The highest BCUT2D eigenvalue weighted by molar-refractivity contribution is 7.75. The van der Waals surface area contributed by atoms with Crippen molar-refractivity contribution in [3.05, 3.63) is 58.7 Å². The third kappa shape index (κ3) is 4.41. The molecule has 0 saturated heterocycles. The van der Waals surface area contributed by atoms with Crippen LogP contribution in [-0.2, 0) is 20.4 Å². The molecule has 0 fully saturated rings. The van der Waals surface area contributed by atoms with E-state index in [2.05, 4.69) is 11.9 Å². The molecule has 1 amide bonds. The van der Waals surface area contributed by atoms with E-state index < -0.39 is 13.3 Å². The second-order valence-electron chi connectivity index (χ2n) is 6.71. The lowest BCUT2D eigenvalue weighted by molar-refractivity contribution is 0.0997. The van der Waals surface area contributed by atoms with Crippen molar-refractivity contribution in [3.8, 4) is 0 Å². The van der Waals surface area contributed by atoms with Crippen LogP contribution in [0.4, 0.5) is 0 Å². The molecule has 2 aromatic carbocycles. The van der Waals surface area contributed by atoms with Crippen molar-refractivity contribution < 1.29 is 18.6 Å². The van der Waals surface area contributed by atoms with Gasteiger partial charge in [0.15, 0.2) is 0 Å². The van der Waals surface area contributed by atoms with Gasteiger partial charge in [0.1, 0.15) is 5.69 Å². The number of fused-ring (bicyclic) bond motifs is 1. The number of nitrogens with two attached hydrogens (primary N) is 1. The first kappa shape index (κ1) is 21.6. The fourth-order valence-electron chi connectivity index (χ4n) is 3.23. The van der Waals surface area contributed by atoms with Crippen LogP contribution in [-0.4, -0.2) is 24.6 Å². The average Bonchev–Trinajstić information content (AvgIpc) is 3.10. The molecule has 8 heteroatoms. The van der Waals surface area contributed by atoms with Gasteiger partial charge < -0.3 is 20.0 Å². The number of aromatic nitrogens is 1. The lowest BCUT2D eigenvalue weighted by Crippen LogP contribution is -2.26. The Morgan fingerprint density at radius 2 is 2.03 bits per heavy atom. The molecule has 3 aromatic rings. The van der Waals surface area contributed by atoms with Gasteiger partial charge in [-0.2, -0.15) is 0 Å². The molecule has 0 spiro atoms. The Labute approximate surface area is 174 Å². The molecule has 3 N–H and O–H groups in total. The number of carbonyl (C=O) groups is 1. The molecule has 1 heterocycles. The van der Waals surface area contributed by atoms with Crippen molar-refractivity contribution in [1.82, 2.24) is 4.98 Å². The van der Waals surface area contributed by atoms with Gasteiger partial charge in [0.2, 0.25) is 0 Å². The van der Waals surface area contributed by atoms with E-state index in [0.29, 0.717) is 34.4 Å². The SMILES string of the molecule is CCCCOCc1cccc(P(=O)(OC)c2c(C(N)=O)[nH]c3ccc(Cl)cc23)c1. The molecule has 0 saturated carbocycles. The Balaban J connectivity index is 2.11. The Morgan fingerprint density at radius 1 is 1.24 bits per heavy atom. The molecule has 1 unspecified atom stereocenters. The summed E-state index contributed by atoms with van der Waals surface area (Å²) in [5.74, 6) is -0.719. The second kappa shape index (κ2) is 9.14. The van der Waals surface area contributed by atoms with Crippen LogP contribution in [0.3, 0.4) is 0 Å². The van der Waals surface area contributed by atoms with Crippen LogP contribution in [0, 0.1) is 0 Å². The number of aromatic amines is 1. The summed E-state index contributed by atoms with van der Waals surface area (Å²) in [6, 6.07) is 12.2. The fourth-order valence-corrected chi connectivity index (χ4v) is 5.63. The summed E-state index contributed by atoms with van der Waals surface area (Å²) in [6.45, 7) is 3.16. The lowest BCUT2D eigenvalue weighted by atomic mass is 10.2. The third-order valence-electron chi connectivity index (χ3n) is 4.69. The van der Waals surface area contributed by atoms with Gasteiger partial charge in [0, 0.05) is 34.9 Å². The normalized spacial score (nSPS) is 13.5. The summed E-state index contributed by atoms with van der Waals surface area (Å²) in [7, 11) is -2.27. The van der Waals surface area contributed by atoms with Crippen LogP contribution in [0.1, 0.15) is 35.8 Å². The molecule has 154 valence electrons. The van der Waals surface area contributed by atoms with Crippen LogP contribution in [0.25, 0.3) is 10.9 Å². The van der Waals surface area contributed by atoms with Crippen LogP contribution >= 0.6 is 19.0 Å². The van der Waals surface area contributed by atoms with Crippen LogP contribution in [0.5, 0.6) is 0 Å². The van der Waals surface area contributed by atoms with E-state index in [1.54, 1.807) is 36.4 Å². The minimum Gasteiger partial charge on any atom is -0.377 e. The predicted molar refractivity (Wildman–Crippen MR) is 117 cm³/mol. The molecule has 29 heavy (non-hydrogen) atoms. The summed E-state index contributed by atoms with van der Waals surface area (Å²) in [5, 5.41) is 1.68. The van der Waals surface area contributed by atoms with E-state index in [0.717, 1.165) is 18.4 Å². The molecular formula is C21H24ClN2O4P. The number of primary amides is 1. The average molecular weight is 435 g/mol. The summed E-state index contributed by atoms with van der Waals surface area (Å²) >= 11 is 6.15. The second-order valence-corrected chi connectivity index (χ2v) is 9.58. The molecule has 0 radical (unpaired) electrons. The maximum Gasteiger partial charge on any atom is 0.266 e. The summed E-state index contributed by atoms with van der Waals surface area (Å²) < 4.78 is 25.3. The van der Waals surface area contributed by atoms with Gasteiger partial charge in [-0.1, -0.05) is 37.1 Å². The van der Waals surface area contributed by atoms with Crippen molar-refractivity contribution in [2.24, 2.45) is 5.73 Å². The number of nitrogens with one attached hydrogen (secondary N) is 1. The molecule has 0 bridgehead atoms. The monoisotopic (exact) mass is 434 g/mol. The highest BCUT2D eigenvalue weighted by Crippen LogP contribution is 2.47. The molecule has 0 aliphatic rings. The van der Waals surface area contributed by atoms with Crippen molar-refractivity contribution >= 4 is 46.4 Å². The third-order valence-corrected chi connectivity index (χ3v) is 7.45. The van der Waals surface area contributed by atoms with Gasteiger partial charge in [0.25, 0.3) is 13.3 Å². The zero-order chi connectivity index (χ0) is 21.0. The van der Waals surface area contributed by atoms with Gasteiger partial charge in [-0.3, -0.25) is 9.36 Å². The van der Waals surface area contributed by atoms with Crippen molar-refractivity contribution in [2.45, 2.75) is 26.4 Å². The van der Waals surface area contributed by atoms with Gasteiger partial charge in [-0.15, -0.1) is 0 Å². The number of hydrogen-bond acceptors (Lipinski definition) is 4. The molecule has 0 aliphatic heterocycles. The van der Waals surface area contributed by atoms with Crippen molar-refractivity contribution in [3.63, 3.8) is 0 Å². The van der Waals surface area contributed by atoms with Gasteiger partial charge in [0.05, 0.1) is 11.9 Å². The number of halogens is 1. The van der Waals surface area contributed by atoms with Gasteiger partial charge >= 0.3 is 0 Å². The number of ether oxygens (including phenoxy) is 1. The smallest absolute Gasteiger partial charge is 0.266 e. The highest BCUT2D eigenvalue weighted by atomic mass is 35.5. The maximum atomic E-state index is 14.1. The van der Waals surface area contributed by atoms with Gasteiger partial charge in [-0.05, 0) is 42.3 Å². The number of rotatable bonds is 9. The highest BCUT2D eigenvalue weighted by Gasteiger charge is 2.35. The van der Waals surface area contributed by atoms with E-state index in [4.69, 9.17) is 26.6 Å². The lowest BCUT2D eigenvalue weighted by Gasteiger charge is -2.18. The first-order valence-corrected chi connectivity index (χ1v) is 11.4. The van der Waals surface area contributed by atoms with E-state index >= 15 is 0 Å². The van der Waals surface area contributed by atoms with Gasteiger partial charge in [-0.25, -0.2) is 0 Å². The Kier molecular flexibility index (Phi) is 6.81. The largest absolute Gasteiger partial charge is 0.377 e. The quantitative estimate of drug-likeness (QED) is 0.391. The molecule has 3 rings (SSSR count). The Bertz CT molecular complexity index is 1080. The summed E-state index contributed by atoms with van der Waals surface area (Å²) in [4.78, 5) is 15.1. The Morgan fingerprint density at radius 3 is 2.72 bits per heavy atom. The molecule has 6 nitrogen and oxygen atoms in total. The molecular weight excluding hydrogens is 411 g/mol. The topological polar surface area (TPSA) is 94.4 Å². The predicted octanol–water partition coefficient (Wildman–Crippen LogP) is 4.11. The van der Waals surface area contributed by atoms with Crippen LogP contribution in [0.15, 0.2) is 42.5 Å². The van der Waals surface area contributed by atoms with E-state index in [-0.39, 0.29) is 11.0 Å². The minimum absolute atomic E-state index is 0.0528. The number of benzene rings is 2. The fraction of sp³-hybridized carbons (Fsp3) is 0.286. The first-order chi connectivity index (χ1) is 13.9. The summed E-state index contributed by atoms with van der Waals surface area (Å²) in [5.41, 5.74) is 7.10. The number of carbonyl (C=O) groups excluding carboxylic acids is 1. The summed E-state index contributed by atoms with van der Waals surface area (Å²) in [6.07, 6.45) is 2.03. The number of H-pyrrole nitrogens is 1. The number of amides is 1. The van der Waals surface area contributed by atoms with Crippen molar-refractivity contribution in [1.29, 1.82) is 0 Å². The minimum atomic E-state index is -3.63. The number of unbranched alkanes of at least 4 members (excludes halogenated alkanes) is 1. The van der Waals surface area contributed by atoms with E-state index in [9.17, 15) is 9.36 Å². The van der Waals surface area contributed by atoms with E-state index in [1.807, 2.05) is 6.07 Å².